The first-order chi connectivity index (χ1) is 7.65. The molecule has 5 heteroatoms. The van der Waals surface area contributed by atoms with E-state index in [2.05, 4.69) is 0 Å². The third kappa shape index (κ3) is 1.75. The molecular formula is C11H18O4S. The van der Waals surface area contributed by atoms with Gasteiger partial charge in [0.05, 0.1) is 19.8 Å². The van der Waals surface area contributed by atoms with Crippen molar-refractivity contribution >= 4 is 17.7 Å². The van der Waals surface area contributed by atoms with Crippen LogP contribution in [0.1, 0.15) is 19.8 Å². The van der Waals surface area contributed by atoms with Gasteiger partial charge in [-0.3, -0.25) is 4.79 Å². The molecule has 0 aromatic carbocycles. The van der Waals surface area contributed by atoms with E-state index in [0.717, 1.165) is 12.2 Å². The summed E-state index contributed by atoms with van der Waals surface area (Å²) in [5, 5.41) is 10.4. The summed E-state index contributed by atoms with van der Waals surface area (Å²) in [6.45, 7) is 2.67. The van der Waals surface area contributed by atoms with Gasteiger partial charge in [-0.1, -0.05) is 0 Å². The van der Waals surface area contributed by atoms with E-state index in [1.165, 1.54) is 0 Å². The minimum atomic E-state index is -1.01. The van der Waals surface area contributed by atoms with Crippen LogP contribution in [0, 0.1) is 5.41 Å². The number of carbonyl (C=O) groups is 1. The SMILES string of the molecule is CCOC(=O)C1(C2(O)COC2)CCCSC1. The van der Waals surface area contributed by atoms with Gasteiger partial charge in [-0.2, -0.15) is 11.8 Å². The van der Waals surface area contributed by atoms with Crippen molar-refractivity contribution in [1.82, 2.24) is 0 Å². The molecule has 1 N–H and O–H groups in total. The van der Waals surface area contributed by atoms with Crippen molar-refractivity contribution in [2.75, 3.05) is 31.3 Å². The van der Waals surface area contributed by atoms with Crippen LogP contribution in [0.3, 0.4) is 0 Å². The molecular weight excluding hydrogens is 228 g/mol. The van der Waals surface area contributed by atoms with Crippen molar-refractivity contribution in [1.29, 1.82) is 0 Å². The summed E-state index contributed by atoms with van der Waals surface area (Å²) in [6.07, 6.45) is 1.66. The Bertz CT molecular complexity index is 269. The molecule has 2 rings (SSSR count). The Morgan fingerprint density at radius 3 is 2.75 bits per heavy atom. The van der Waals surface area contributed by atoms with Gasteiger partial charge in [0, 0.05) is 5.75 Å². The zero-order chi connectivity index (χ0) is 11.6. The largest absolute Gasteiger partial charge is 0.465 e. The average molecular weight is 246 g/mol. The Morgan fingerprint density at radius 1 is 1.56 bits per heavy atom. The number of rotatable bonds is 3. The predicted octanol–water partition coefficient (Wildman–Crippen LogP) is 0.824. The minimum Gasteiger partial charge on any atom is -0.465 e. The summed E-state index contributed by atoms with van der Waals surface area (Å²) in [6, 6.07) is 0. The lowest BCUT2D eigenvalue weighted by Crippen LogP contribution is -2.66. The Hall–Kier alpha value is -0.260. The Labute approximate surface area is 99.7 Å². The van der Waals surface area contributed by atoms with Crippen molar-refractivity contribution in [3.8, 4) is 0 Å². The molecule has 0 amide bonds. The van der Waals surface area contributed by atoms with Gasteiger partial charge in [0.2, 0.25) is 0 Å². The summed E-state index contributed by atoms with van der Waals surface area (Å²) in [5.41, 5.74) is -1.75. The summed E-state index contributed by atoms with van der Waals surface area (Å²) < 4.78 is 10.2. The van der Waals surface area contributed by atoms with Gasteiger partial charge in [-0.25, -0.2) is 0 Å². The first-order valence-electron chi connectivity index (χ1n) is 5.70. The second kappa shape index (κ2) is 4.55. The van der Waals surface area contributed by atoms with Gasteiger partial charge < -0.3 is 14.6 Å². The van der Waals surface area contributed by atoms with Gasteiger partial charge in [-0.05, 0) is 25.5 Å². The smallest absolute Gasteiger partial charge is 0.316 e. The van der Waals surface area contributed by atoms with Crippen LogP contribution in [-0.2, 0) is 14.3 Å². The number of hydrogen-bond donors (Lipinski definition) is 1. The first kappa shape index (κ1) is 12.2. The van der Waals surface area contributed by atoms with Crippen LogP contribution in [0.25, 0.3) is 0 Å². The molecule has 2 heterocycles. The van der Waals surface area contributed by atoms with Crippen LogP contribution in [0.15, 0.2) is 0 Å². The third-order valence-corrected chi connectivity index (χ3v) is 4.75. The van der Waals surface area contributed by atoms with Crippen molar-refractivity contribution < 1.29 is 19.4 Å². The molecule has 0 radical (unpaired) electrons. The highest BCUT2D eigenvalue weighted by Crippen LogP contribution is 2.47. The molecule has 1 atom stereocenters. The van der Waals surface area contributed by atoms with Gasteiger partial charge in [0.15, 0.2) is 0 Å². The normalized spacial score (nSPS) is 32.9. The second-order valence-electron chi connectivity index (χ2n) is 4.48. The fourth-order valence-electron chi connectivity index (χ4n) is 2.35. The van der Waals surface area contributed by atoms with Gasteiger partial charge in [0.25, 0.3) is 0 Å². The summed E-state index contributed by atoms with van der Waals surface area (Å²) in [7, 11) is 0. The lowest BCUT2D eigenvalue weighted by molar-refractivity contribution is -0.243. The third-order valence-electron chi connectivity index (χ3n) is 3.48. The van der Waals surface area contributed by atoms with Crippen LogP contribution in [-0.4, -0.2) is 48.0 Å². The molecule has 2 saturated heterocycles. The molecule has 0 aromatic rings. The molecule has 0 saturated carbocycles. The van der Waals surface area contributed by atoms with E-state index in [0.29, 0.717) is 18.8 Å². The lowest BCUT2D eigenvalue weighted by atomic mass is 9.68. The van der Waals surface area contributed by atoms with Crippen LogP contribution >= 0.6 is 11.8 Å². The fraction of sp³-hybridized carbons (Fsp3) is 0.909. The van der Waals surface area contributed by atoms with Crippen LogP contribution < -0.4 is 0 Å². The van der Waals surface area contributed by atoms with E-state index in [1.54, 1.807) is 18.7 Å². The molecule has 1 unspecified atom stereocenters. The standard InChI is InChI=1S/C11H18O4S/c1-2-15-9(12)10(4-3-5-16-8-10)11(13)6-14-7-11/h13H,2-8H2,1H3. The molecule has 16 heavy (non-hydrogen) atoms. The maximum atomic E-state index is 12.1. The zero-order valence-electron chi connectivity index (χ0n) is 9.53. The molecule has 0 spiro atoms. The van der Waals surface area contributed by atoms with Crippen molar-refractivity contribution in [3.63, 3.8) is 0 Å². The minimum absolute atomic E-state index is 0.256. The molecule has 2 aliphatic rings. The number of hydrogen-bond acceptors (Lipinski definition) is 5. The molecule has 92 valence electrons. The summed E-state index contributed by atoms with van der Waals surface area (Å²) in [5.74, 6) is 1.44. The van der Waals surface area contributed by atoms with Crippen LogP contribution in [0.5, 0.6) is 0 Å². The van der Waals surface area contributed by atoms with Crippen molar-refractivity contribution in [2.45, 2.75) is 25.4 Å². The number of aliphatic hydroxyl groups is 1. The highest BCUT2D eigenvalue weighted by atomic mass is 32.2. The Kier molecular flexibility index (Phi) is 3.47. The average Bonchev–Trinajstić information content (AvgIpc) is 2.27. The van der Waals surface area contributed by atoms with E-state index in [1.807, 2.05) is 0 Å². The van der Waals surface area contributed by atoms with Gasteiger partial charge >= 0.3 is 5.97 Å². The highest BCUT2D eigenvalue weighted by Gasteiger charge is 2.61. The van der Waals surface area contributed by atoms with Crippen molar-refractivity contribution in [2.24, 2.45) is 5.41 Å². The topological polar surface area (TPSA) is 55.8 Å². The number of thioether (sulfide) groups is 1. The maximum Gasteiger partial charge on any atom is 0.316 e. The van der Waals surface area contributed by atoms with E-state index in [9.17, 15) is 9.90 Å². The second-order valence-corrected chi connectivity index (χ2v) is 5.59. The lowest BCUT2D eigenvalue weighted by Gasteiger charge is -2.51. The van der Waals surface area contributed by atoms with E-state index < -0.39 is 11.0 Å². The van der Waals surface area contributed by atoms with Crippen LogP contribution in [0.4, 0.5) is 0 Å². The monoisotopic (exact) mass is 246 g/mol. The molecule has 4 nitrogen and oxygen atoms in total. The summed E-state index contributed by atoms with van der Waals surface area (Å²) in [4.78, 5) is 12.1. The van der Waals surface area contributed by atoms with Crippen molar-refractivity contribution in [3.05, 3.63) is 0 Å². The van der Waals surface area contributed by atoms with Gasteiger partial charge in [-0.15, -0.1) is 0 Å². The zero-order valence-corrected chi connectivity index (χ0v) is 10.3. The number of esters is 1. The van der Waals surface area contributed by atoms with E-state index >= 15 is 0 Å². The molecule has 2 aliphatic heterocycles. The Morgan fingerprint density at radius 2 is 2.31 bits per heavy atom. The fourth-order valence-corrected chi connectivity index (χ4v) is 3.73. The highest BCUT2D eigenvalue weighted by molar-refractivity contribution is 7.99. The summed E-state index contributed by atoms with van der Waals surface area (Å²) >= 11 is 1.72. The first-order valence-corrected chi connectivity index (χ1v) is 6.85. The molecule has 0 bridgehead atoms. The van der Waals surface area contributed by atoms with Crippen LogP contribution in [0.2, 0.25) is 0 Å². The predicted molar refractivity (Wildman–Crippen MR) is 61.4 cm³/mol. The molecule has 0 aliphatic carbocycles. The quantitative estimate of drug-likeness (QED) is 0.747. The Balaban J connectivity index is 2.20. The number of ether oxygens (including phenoxy) is 2. The van der Waals surface area contributed by atoms with Gasteiger partial charge in [0.1, 0.15) is 11.0 Å². The molecule has 2 fully saturated rings. The number of carbonyl (C=O) groups excluding carboxylic acids is 1. The van der Waals surface area contributed by atoms with E-state index in [-0.39, 0.29) is 19.2 Å². The van der Waals surface area contributed by atoms with E-state index in [4.69, 9.17) is 9.47 Å². The maximum absolute atomic E-state index is 12.1. The molecule has 0 aromatic heterocycles.